The molecule has 0 aliphatic carbocycles. The molecule has 0 N–H and O–H groups in total. The van der Waals surface area contributed by atoms with Crippen molar-refractivity contribution in [2.75, 3.05) is 0 Å². The number of ether oxygens (including phenoxy) is 1. The molecule has 0 saturated heterocycles. The van der Waals surface area contributed by atoms with Gasteiger partial charge in [-0.05, 0) is 25.1 Å². The highest BCUT2D eigenvalue weighted by Crippen LogP contribution is 2.35. The van der Waals surface area contributed by atoms with Crippen LogP contribution in [0.3, 0.4) is 0 Å². The number of para-hydroxylation sites is 3. The summed E-state index contributed by atoms with van der Waals surface area (Å²) in [5.41, 5.74) is 1.69. The Bertz CT molecular complexity index is 1140. The standard InChI is InChI=1S/C17H11ClN4O3/c1-10-15(18)16-19-17(11-6-2-3-7-12(11)21(16)20-10)25-14-9-5-4-8-13(14)22(23)24/h2-9H,1H3. The van der Waals surface area contributed by atoms with Crippen LogP contribution in [-0.2, 0) is 0 Å². The number of aryl methyl sites for hydroxylation is 1. The molecule has 2 heterocycles. The quantitative estimate of drug-likeness (QED) is 0.398. The summed E-state index contributed by atoms with van der Waals surface area (Å²) in [6.07, 6.45) is 0. The second kappa shape index (κ2) is 5.71. The van der Waals surface area contributed by atoms with E-state index in [1.54, 1.807) is 23.6 Å². The third-order valence-corrected chi connectivity index (χ3v) is 4.25. The number of rotatable bonds is 3. The largest absolute Gasteiger partial charge is 0.431 e. The van der Waals surface area contributed by atoms with Crippen LogP contribution in [0.25, 0.3) is 16.6 Å². The Morgan fingerprint density at radius 3 is 2.68 bits per heavy atom. The lowest BCUT2D eigenvalue weighted by atomic mass is 10.2. The van der Waals surface area contributed by atoms with Gasteiger partial charge in [0.05, 0.1) is 21.5 Å². The lowest BCUT2D eigenvalue weighted by molar-refractivity contribution is -0.385. The van der Waals surface area contributed by atoms with Crippen molar-refractivity contribution in [1.29, 1.82) is 0 Å². The van der Waals surface area contributed by atoms with Crippen LogP contribution in [0, 0.1) is 17.0 Å². The maximum Gasteiger partial charge on any atom is 0.311 e. The average Bonchev–Trinajstić information content (AvgIpc) is 2.90. The molecule has 0 amide bonds. The summed E-state index contributed by atoms with van der Waals surface area (Å²) in [7, 11) is 0. The summed E-state index contributed by atoms with van der Waals surface area (Å²) in [6.45, 7) is 1.79. The van der Waals surface area contributed by atoms with Gasteiger partial charge in [0.1, 0.15) is 5.02 Å². The van der Waals surface area contributed by atoms with Crippen molar-refractivity contribution in [3.05, 3.63) is 69.4 Å². The Morgan fingerprint density at radius 1 is 1.16 bits per heavy atom. The number of halogens is 1. The molecule has 4 aromatic rings. The van der Waals surface area contributed by atoms with Gasteiger partial charge in [-0.2, -0.15) is 10.1 Å². The first-order chi connectivity index (χ1) is 12.1. The second-order valence-corrected chi connectivity index (χ2v) is 5.77. The average molecular weight is 355 g/mol. The topological polar surface area (TPSA) is 82.6 Å². The number of nitro benzene ring substituents is 1. The fourth-order valence-corrected chi connectivity index (χ4v) is 2.79. The second-order valence-electron chi connectivity index (χ2n) is 5.40. The van der Waals surface area contributed by atoms with E-state index >= 15 is 0 Å². The van der Waals surface area contributed by atoms with Crippen molar-refractivity contribution < 1.29 is 9.66 Å². The third-order valence-electron chi connectivity index (χ3n) is 3.80. The fourth-order valence-electron chi connectivity index (χ4n) is 2.63. The van der Waals surface area contributed by atoms with Gasteiger partial charge >= 0.3 is 5.69 Å². The number of benzene rings is 2. The maximum atomic E-state index is 11.2. The van der Waals surface area contributed by atoms with Crippen LogP contribution in [-0.4, -0.2) is 19.5 Å². The third kappa shape index (κ3) is 2.45. The van der Waals surface area contributed by atoms with E-state index in [0.29, 0.717) is 21.7 Å². The van der Waals surface area contributed by atoms with E-state index in [4.69, 9.17) is 16.3 Å². The molecule has 2 aromatic carbocycles. The molecule has 0 aliphatic rings. The summed E-state index contributed by atoms with van der Waals surface area (Å²) in [5, 5.41) is 16.7. The van der Waals surface area contributed by atoms with Gasteiger partial charge in [-0.1, -0.05) is 35.9 Å². The van der Waals surface area contributed by atoms with Crippen LogP contribution >= 0.6 is 11.6 Å². The van der Waals surface area contributed by atoms with Crippen molar-refractivity contribution in [2.45, 2.75) is 6.92 Å². The molecule has 8 heteroatoms. The van der Waals surface area contributed by atoms with Gasteiger partial charge in [0.25, 0.3) is 0 Å². The van der Waals surface area contributed by atoms with E-state index in [-0.39, 0.29) is 17.3 Å². The molecule has 7 nitrogen and oxygen atoms in total. The molecule has 0 bridgehead atoms. The molecule has 0 aliphatic heterocycles. The molecule has 0 unspecified atom stereocenters. The van der Waals surface area contributed by atoms with Crippen molar-refractivity contribution in [1.82, 2.24) is 14.6 Å². The first-order valence-electron chi connectivity index (χ1n) is 7.41. The fraction of sp³-hybridized carbons (Fsp3) is 0.0588. The number of nitro groups is 1. The monoisotopic (exact) mass is 354 g/mol. The highest BCUT2D eigenvalue weighted by Gasteiger charge is 2.19. The van der Waals surface area contributed by atoms with Gasteiger partial charge in [-0.25, -0.2) is 4.52 Å². The van der Waals surface area contributed by atoms with Crippen molar-refractivity contribution in [3.8, 4) is 11.6 Å². The Hall–Kier alpha value is -3.19. The minimum atomic E-state index is -0.494. The lowest BCUT2D eigenvalue weighted by Crippen LogP contribution is -1.99. The van der Waals surface area contributed by atoms with E-state index < -0.39 is 4.92 Å². The number of aromatic nitrogens is 3. The number of nitrogens with zero attached hydrogens (tertiary/aromatic N) is 4. The highest BCUT2D eigenvalue weighted by molar-refractivity contribution is 6.34. The molecule has 25 heavy (non-hydrogen) atoms. The summed E-state index contributed by atoms with van der Waals surface area (Å²) in [4.78, 5) is 15.2. The number of hydrogen-bond acceptors (Lipinski definition) is 5. The predicted molar refractivity (Wildman–Crippen MR) is 93.4 cm³/mol. The predicted octanol–water partition coefficient (Wildman–Crippen LogP) is 4.54. The molecule has 0 spiro atoms. The van der Waals surface area contributed by atoms with Crippen LogP contribution < -0.4 is 4.74 Å². The van der Waals surface area contributed by atoms with Crippen molar-refractivity contribution in [3.63, 3.8) is 0 Å². The summed E-state index contributed by atoms with van der Waals surface area (Å²) in [5.74, 6) is 0.348. The Kier molecular flexibility index (Phi) is 3.51. The van der Waals surface area contributed by atoms with E-state index in [1.165, 1.54) is 12.1 Å². The zero-order valence-corrected chi connectivity index (χ0v) is 13.8. The molecular formula is C17H11ClN4O3. The van der Waals surface area contributed by atoms with Gasteiger partial charge < -0.3 is 4.74 Å². The number of hydrogen-bond donors (Lipinski definition) is 0. The summed E-state index contributed by atoms with van der Waals surface area (Å²) in [6, 6.07) is 13.5. The normalized spacial score (nSPS) is 11.1. The molecule has 0 fully saturated rings. The summed E-state index contributed by atoms with van der Waals surface area (Å²) >= 11 is 6.29. The molecule has 124 valence electrons. The molecule has 4 rings (SSSR count). The Balaban J connectivity index is 1.98. The first kappa shape index (κ1) is 15.3. The smallest absolute Gasteiger partial charge is 0.311 e. The van der Waals surface area contributed by atoms with Crippen LogP contribution in [0.15, 0.2) is 48.5 Å². The zero-order valence-electron chi connectivity index (χ0n) is 13.0. The minimum absolute atomic E-state index is 0.113. The maximum absolute atomic E-state index is 11.2. The van der Waals surface area contributed by atoms with Crippen molar-refractivity contribution >= 4 is 33.8 Å². The van der Waals surface area contributed by atoms with E-state index in [1.807, 2.05) is 24.3 Å². The SMILES string of the molecule is Cc1nn2c(nc(Oc3ccccc3[N+](=O)[O-])c3ccccc32)c1Cl. The molecule has 2 aromatic heterocycles. The molecule has 0 radical (unpaired) electrons. The molecular weight excluding hydrogens is 344 g/mol. The lowest BCUT2D eigenvalue weighted by Gasteiger charge is -2.09. The van der Waals surface area contributed by atoms with Crippen LogP contribution in [0.4, 0.5) is 5.69 Å². The van der Waals surface area contributed by atoms with Crippen LogP contribution in [0.1, 0.15) is 5.69 Å². The minimum Gasteiger partial charge on any atom is -0.431 e. The molecule has 0 saturated carbocycles. The zero-order chi connectivity index (χ0) is 17.6. The Labute approximate surface area is 146 Å². The van der Waals surface area contributed by atoms with Gasteiger partial charge in [-0.15, -0.1) is 0 Å². The van der Waals surface area contributed by atoms with Crippen LogP contribution in [0.2, 0.25) is 5.02 Å². The van der Waals surface area contributed by atoms with Gasteiger partial charge in [-0.3, -0.25) is 10.1 Å². The van der Waals surface area contributed by atoms with Crippen LogP contribution in [0.5, 0.6) is 11.6 Å². The summed E-state index contributed by atoms with van der Waals surface area (Å²) < 4.78 is 7.44. The van der Waals surface area contributed by atoms with Gasteiger partial charge in [0.15, 0.2) is 5.65 Å². The van der Waals surface area contributed by atoms with Gasteiger partial charge in [0, 0.05) is 6.07 Å². The molecule has 0 atom stereocenters. The van der Waals surface area contributed by atoms with Gasteiger partial charge in [0.2, 0.25) is 11.6 Å². The van der Waals surface area contributed by atoms with Crippen molar-refractivity contribution in [2.24, 2.45) is 0 Å². The highest BCUT2D eigenvalue weighted by atomic mass is 35.5. The van der Waals surface area contributed by atoms with E-state index in [2.05, 4.69) is 10.1 Å². The van der Waals surface area contributed by atoms with E-state index in [9.17, 15) is 10.1 Å². The Morgan fingerprint density at radius 2 is 1.88 bits per heavy atom. The number of fused-ring (bicyclic) bond motifs is 3. The van der Waals surface area contributed by atoms with E-state index in [0.717, 1.165) is 5.52 Å². The first-order valence-corrected chi connectivity index (χ1v) is 7.79.